The maximum Gasteiger partial charge on any atom is 0.186 e. The third kappa shape index (κ3) is 5.80. The van der Waals surface area contributed by atoms with E-state index in [1.54, 1.807) is 68.8 Å². The van der Waals surface area contributed by atoms with Crippen molar-refractivity contribution < 1.29 is 28.5 Å². The van der Waals surface area contributed by atoms with Gasteiger partial charge in [-0.15, -0.1) is 0 Å². The molecule has 5 rings (SSSR count). The van der Waals surface area contributed by atoms with Gasteiger partial charge in [-0.25, -0.2) is 9.97 Å². The van der Waals surface area contributed by atoms with Crippen molar-refractivity contribution in [2.75, 3.05) is 32.8 Å². The lowest BCUT2D eigenvalue weighted by atomic mass is 9.95. The Morgan fingerprint density at radius 3 is 2.52 bits per heavy atom. The van der Waals surface area contributed by atoms with Crippen molar-refractivity contribution >= 4 is 51.1 Å². The van der Waals surface area contributed by atoms with Crippen LogP contribution in [0.15, 0.2) is 79.2 Å². The smallest absolute Gasteiger partial charge is 0.186 e. The maximum absolute atomic E-state index is 12.8. The van der Waals surface area contributed by atoms with Gasteiger partial charge in [-0.3, -0.25) is 9.59 Å². The molecule has 0 spiro atoms. The highest BCUT2D eigenvalue weighted by molar-refractivity contribution is 6.34. The van der Waals surface area contributed by atoms with Crippen LogP contribution >= 0.6 is 11.6 Å². The predicted molar refractivity (Wildman–Crippen MR) is 152 cm³/mol. The van der Waals surface area contributed by atoms with E-state index in [9.17, 15) is 9.59 Å². The van der Waals surface area contributed by atoms with Crippen molar-refractivity contribution in [3.05, 3.63) is 89.7 Å². The van der Waals surface area contributed by atoms with Crippen LogP contribution in [0.5, 0.6) is 23.0 Å². The zero-order valence-corrected chi connectivity index (χ0v) is 22.4. The number of nitrogens with one attached hydrogen (secondary N) is 1. The van der Waals surface area contributed by atoms with Crippen LogP contribution in [-0.2, 0) is 14.3 Å². The number of anilines is 2. The quantitative estimate of drug-likeness (QED) is 0.187. The van der Waals surface area contributed by atoms with Gasteiger partial charge < -0.3 is 24.3 Å². The molecule has 0 fully saturated rings. The zero-order valence-electron chi connectivity index (χ0n) is 21.6. The number of fused-ring (bicyclic) bond motifs is 1. The fraction of sp³-hybridized carbons (Fsp3) is 0.133. The zero-order chi connectivity index (χ0) is 28.1. The van der Waals surface area contributed by atoms with Gasteiger partial charge in [-0.1, -0.05) is 23.7 Å². The van der Waals surface area contributed by atoms with E-state index in [0.717, 1.165) is 0 Å². The first kappa shape index (κ1) is 26.9. The number of halogens is 1. The van der Waals surface area contributed by atoms with Crippen molar-refractivity contribution in [3.8, 4) is 23.0 Å². The van der Waals surface area contributed by atoms with Gasteiger partial charge in [0, 0.05) is 35.4 Å². The van der Waals surface area contributed by atoms with E-state index in [0.29, 0.717) is 69.2 Å². The lowest BCUT2D eigenvalue weighted by molar-refractivity contribution is -0.113. The summed E-state index contributed by atoms with van der Waals surface area (Å²) in [6.07, 6.45) is 5.20. The second-order valence-corrected chi connectivity index (χ2v) is 9.02. The molecule has 0 unspecified atom stereocenters. The fourth-order valence-electron chi connectivity index (χ4n) is 4.08. The first-order valence-electron chi connectivity index (χ1n) is 12.2. The van der Waals surface area contributed by atoms with Gasteiger partial charge in [0.25, 0.3) is 0 Å². The molecular formula is C30H24ClN3O6. The molecule has 0 amide bonds. The number of hydrogen-bond donors (Lipinski definition) is 1. The molecule has 0 radical (unpaired) electrons. The minimum absolute atomic E-state index is 0.199. The molecule has 1 heterocycles. The highest BCUT2D eigenvalue weighted by Crippen LogP contribution is 2.38. The van der Waals surface area contributed by atoms with Gasteiger partial charge in [0.05, 0.1) is 24.3 Å². The second kappa shape index (κ2) is 12.0. The van der Waals surface area contributed by atoms with Crippen LogP contribution in [0, 0.1) is 0 Å². The lowest BCUT2D eigenvalue weighted by Crippen LogP contribution is -2.08. The number of para-hydroxylation sites is 1. The molecule has 40 heavy (non-hydrogen) atoms. The summed E-state index contributed by atoms with van der Waals surface area (Å²) in [4.78, 5) is 33.8. The van der Waals surface area contributed by atoms with Crippen LogP contribution < -0.4 is 19.5 Å². The van der Waals surface area contributed by atoms with Gasteiger partial charge in [-0.2, -0.15) is 0 Å². The fourth-order valence-corrected chi connectivity index (χ4v) is 4.25. The SMILES string of the molecule is COCCOc1cc2ncnc(Nc3ccc(Oc4ccccc4Cl)c(C4=CC(=O)C=CC4=O)c3)c2cc1OC. The number of aromatic nitrogens is 2. The minimum atomic E-state index is -0.320. The number of methoxy groups -OCH3 is 2. The predicted octanol–water partition coefficient (Wildman–Crippen LogP) is 5.94. The second-order valence-electron chi connectivity index (χ2n) is 8.61. The first-order chi connectivity index (χ1) is 19.5. The van der Waals surface area contributed by atoms with Crippen LogP contribution in [0.4, 0.5) is 11.5 Å². The van der Waals surface area contributed by atoms with E-state index in [4.69, 9.17) is 30.5 Å². The Hall–Kier alpha value is -4.73. The third-order valence-electron chi connectivity index (χ3n) is 6.01. The number of hydrogen-bond acceptors (Lipinski definition) is 9. The Kier molecular flexibility index (Phi) is 8.04. The summed E-state index contributed by atoms with van der Waals surface area (Å²) in [7, 11) is 3.15. The molecular weight excluding hydrogens is 534 g/mol. The first-order valence-corrected chi connectivity index (χ1v) is 12.6. The Labute approximate surface area is 235 Å². The van der Waals surface area contributed by atoms with E-state index in [2.05, 4.69) is 15.3 Å². The van der Waals surface area contributed by atoms with E-state index >= 15 is 0 Å². The van der Waals surface area contributed by atoms with Gasteiger partial charge in [0.2, 0.25) is 0 Å². The molecule has 9 nitrogen and oxygen atoms in total. The highest BCUT2D eigenvalue weighted by atomic mass is 35.5. The van der Waals surface area contributed by atoms with Crippen LogP contribution in [0.3, 0.4) is 0 Å². The van der Waals surface area contributed by atoms with Crippen molar-refractivity contribution in [3.63, 3.8) is 0 Å². The Balaban J connectivity index is 1.54. The normalized spacial score (nSPS) is 12.8. The van der Waals surface area contributed by atoms with Crippen LogP contribution in [0.1, 0.15) is 5.56 Å². The summed E-state index contributed by atoms with van der Waals surface area (Å²) in [5.74, 6) is 1.68. The lowest BCUT2D eigenvalue weighted by Gasteiger charge is -2.17. The number of carbonyl (C=O) groups excluding carboxylic acids is 2. The average molecular weight is 558 g/mol. The Bertz CT molecular complexity index is 1670. The largest absolute Gasteiger partial charge is 0.493 e. The maximum atomic E-state index is 12.8. The van der Waals surface area contributed by atoms with Gasteiger partial charge in [0.1, 0.15) is 30.3 Å². The Morgan fingerprint density at radius 2 is 1.73 bits per heavy atom. The number of allylic oxidation sites excluding steroid dienone is 4. The highest BCUT2D eigenvalue weighted by Gasteiger charge is 2.21. The van der Waals surface area contributed by atoms with E-state index in [1.165, 1.54) is 24.6 Å². The van der Waals surface area contributed by atoms with Crippen LogP contribution in [0.25, 0.3) is 16.5 Å². The standard InChI is InChI=1S/C30H24ClN3O6/c1-37-11-12-39-29-16-24-22(15-28(29)38-2)30(33-17-32-24)34-18-7-10-26(40-27-6-4-3-5-23(27)31)21(13-18)20-14-19(35)8-9-25(20)36/h3-10,13-17H,11-12H2,1-2H3,(H,32,33,34). The van der Waals surface area contributed by atoms with Crippen molar-refractivity contribution in [2.45, 2.75) is 0 Å². The summed E-state index contributed by atoms with van der Waals surface area (Å²) >= 11 is 6.31. The molecule has 1 N–H and O–H groups in total. The molecule has 1 aliphatic rings. The number of ketones is 2. The number of rotatable bonds is 10. The van der Waals surface area contributed by atoms with Crippen molar-refractivity contribution in [2.24, 2.45) is 0 Å². The molecule has 1 aliphatic carbocycles. The van der Waals surface area contributed by atoms with Gasteiger partial charge >= 0.3 is 0 Å². The topological polar surface area (TPSA) is 109 Å². The van der Waals surface area contributed by atoms with E-state index < -0.39 is 0 Å². The summed E-state index contributed by atoms with van der Waals surface area (Å²) in [6.45, 7) is 0.781. The van der Waals surface area contributed by atoms with Crippen molar-refractivity contribution in [1.29, 1.82) is 0 Å². The molecule has 0 saturated heterocycles. The molecule has 3 aromatic carbocycles. The monoisotopic (exact) mass is 557 g/mol. The summed E-state index contributed by atoms with van der Waals surface area (Å²) < 4.78 is 22.5. The van der Waals surface area contributed by atoms with E-state index in [-0.39, 0.29) is 17.1 Å². The molecule has 10 heteroatoms. The summed E-state index contributed by atoms with van der Waals surface area (Å²) in [6, 6.07) is 15.7. The molecule has 4 aromatic rings. The number of ether oxygens (including phenoxy) is 4. The summed E-state index contributed by atoms with van der Waals surface area (Å²) in [5, 5.41) is 4.38. The Morgan fingerprint density at radius 1 is 0.875 bits per heavy atom. The molecule has 0 aliphatic heterocycles. The average Bonchev–Trinajstić information content (AvgIpc) is 2.96. The molecule has 0 bridgehead atoms. The van der Waals surface area contributed by atoms with Crippen LogP contribution in [-0.4, -0.2) is 49.0 Å². The van der Waals surface area contributed by atoms with Crippen molar-refractivity contribution in [1.82, 2.24) is 9.97 Å². The van der Waals surface area contributed by atoms with Crippen LogP contribution in [0.2, 0.25) is 5.02 Å². The minimum Gasteiger partial charge on any atom is -0.493 e. The van der Waals surface area contributed by atoms with E-state index in [1.807, 2.05) is 0 Å². The molecule has 0 atom stereocenters. The molecule has 202 valence electrons. The number of nitrogens with zero attached hydrogens (tertiary/aromatic N) is 2. The third-order valence-corrected chi connectivity index (χ3v) is 6.32. The number of benzene rings is 3. The molecule has 0 saturated carbocycles. The summed E-state index contributed by atoms with van der Waals surface area (Å²) in [5.41, 5.74) is 1.84. The number of carbonyl (C=O) groups is 2. The molecule has 1 aromatic heterocycles. The van der Waals surface area contributed by atoms with Gasteiger partial charge in [0.15, 0.2) is 23.1 Å². The van der Waals surface area contributed by atoms with Gasteiger partial charge in [-0.05, 0) is 54.6 Å².